The second-order valence-electron chi connectivity index (χ2n) is 2.66. The van der Waals surface area contributed by atoms with Crippen LogP contribution >= 0.6 is 0 Å². The van der Waals surface area contributed by atoms with Crippen LogP contribution in [0.2, 0.25) is 0 Å². The summed E-state index contributed by atoms with van der Waals surface area (Å²) in [6.07, 6.45) is 0.338. The van der Waals surface area contributed by atoms with E-state index >= 15 is 0 Å². The Bertz CT molecular complexity index is 315. The molecule has 0 aromatic heterocycles. The summed E-state index contributed by atoms with van der Waals surface area (Å²) in [5, 5.41) is 7.16. The van der Waals surface area contributed by atoms with Gasteiger partial charge in [-0.3, -0.25) is 5.41 Å². The second kappa shape index (κ2) is 5.21. The van der Waals surface area contributed by atoms with Crippen LogP contribution in [0.1, 0.15) is 6.42 Å². The molecule has 1 rings (SSSR count). The number of rotatable bonds is 4. The lowest BCUT2D eigenvalue weighted by molar-refractivity contribution is 0.294. The molecule has 0 saturated heterocycles. The first-order valence-electron chi connectivity index (χ1n) is 4.23. The van der Waals surface area contributed by atoms with Gasteiger partial charge in [0, 0.05) is 0 Å². The summed E-state index contributed by atoms with van der Waals surface area (Å²) < 4.78 is 22.7. The highest BCUT2D eigenvalue weighted by Gasteiger charge is 2.01. The third-order valence-electron chi connectivity index (χ3n) is 1.67. The molecule has 0 saturated carbocycles. The number of benzene rings is 1. The number of hydrogen-bond donors (Lipinski definition) is 1. The Labute approximate surface area is 82.0 Å². The Balaban J connectivity index is 2.39. The van der Waals surface area contributed by atoms with E-state index in [1.165, 1.54) is 13.2 Å². The monoisotopic (exact) mass is 197 g/mol. The van der Waals surface area contributed by atoms with Gasteiger partial charge in [-0.15, -0.1) is 0 Å². The molecule has 4 heteroatoms. The molecule has 0 aliphatic heterocycles. The highest BCUT2D eigenvalue weighted by molar-refractivity contribution is 5.72. The Morgan fingerprint density at radius 3 is 2.79 bits per heavy atom. The molecule has 0 radical (unpaired) electrons. The summed E-state index contributed by atoms with van der Waals surface area (Å²) in [4.78, 5) is 0. The third-order valence-corrected chi connectivity index (χ3v) is 1.67. The molecule has 1 aromatic rings. The predicted octanol–water partition coefficient (Wildman–Crippen LogP) is 2.22. The molecule has 0 aliphatic carbocycles. The molecule has 0 spiro atoms. The molecule has 76 valence electrons. The van der Waals surface area contributed by atoms with Gasteiger partial charge in [0.2, 0.25) is 0 Å². The molecule has 0 atom stereocenters. The van der Waals surface area contributed by atoms with Gasteiger partial charge in [0.1, 0.15) is 0 Å². The maximum atomic E-state index is 13.0. The van der Waals surface area contributed by atoms with Gasteiger partial charge in [0.05, 0.1) is 20.1 Å². The minimum atomic E-state index is -0.392. The smallest absolute Gasteiger partial charge is 0.183 e. The minimum absolute atomic E-state index is 0.126. The fourth-order valence-electron chi connectivity index (χ4n) is 0.918. The van der Waals surface area contributed by atoms with E-state index in [1.807, 2.05) is 0 Å². The van der Waals surface area contributed by atoms with Gasteiger partial charge in [-0.1, -0.05) is 12.1 Å². The van der Waals surface area contributed by atoms with Crippen molar-refractivity contribution in [1.82, 2.24) is 0 Å². The zero-order chi connectivity index (χ0) is 10.4. The SMILES string of the molecule is COC(=N)CCOc1ccccc1F. The lowest BCUT2D eigenvalue weighted by Gasteiger charge is -2.06. The number of hydrogen-bond acceptors (Lipinski definition) is 3. The van der Waals surface area contributed by atoms with Crippen molar-refractivity contribution in [3.05, 3.63) is 30.1 Å². The van der Waals surface area contributed by atoms with Gasteiger partial charge in [0.15, 0.2) is 17.5 Å². The van der Waals surface area contributed by atoms with Crippen LogP contribution in [0.15, 0.2) is 24.3 Å². The Kier molecular flexibility index (Phi) is 3.91. The summed E-state index contributed by atoms with van der Waals surface area (Å²) in [6, 6.07) is 6.17. The Hall–Kier alpha value is -1.58. The molecule has 0 heterocycles. The molecule has 3 nitrogen and oxygen atoms in total. The van der Waals surface area contributed by atoms with Crippen LogP contribution in [0.5, 0.6) is 5.75 Å². The molecule has 1 aromatic carbocycles. The first kappa shape index (κ1) is 10.5. The van der Waals surface area contributed by atoms with Crippen LogP contribution in [-0.4, -0.2) is 19.6 Å². The summed E-state index contributed by atoms with van der Waals surface area (Å²) in [5.41, 5.74) is 0. The van der Waals surface area contributed by atoms with Crippen molar-refractivity contribution in [1.29, 1.82) is 5.41 Å². The summed E-state index contributed by atoms with van der Waals surface area (Å²) in [5.74, 6) is -0.0609. The fraction of sp³-hybridized carbons (Fsp3) is 0.300. The number of nitrogens with one attached hydrogen (secondary N) is 1. The average Bonchev–Trinajstić information content (AvgIpc) is 2.20. The summed E-state index contributed by atoms with van der Waals surface area (Å²) in [6.45, 7) is 0.244. The normalized spacial score (nSPS) is 9.57. The zero-order valence-electron chi connectivity index (χ0n) is 7.92. The van der Waals surface area contributed by atoms with Crippen molar-refractivity contribution in [2.24, 2.45) is 0 Å². The summed E-state index contributed by atoms with van der Waals surface area (Å²) in [7, 11) is 1.42. The molecule has 0 amide bonds. The maximum Gasteiger partial charge on any atom is 0.183 e. The van der Waals surface area contributed by atoms with Crippen molar-refractivity contribution < 1.29 is 13.9 Å². The third kappa shape index (κ3) is 3.05. The topological polar surface area (TPSA) is 42.3 Å². The van der Waals surface area contributed by atoms with E-state index in [1.54, 1.807) is 18.2 Å². The molecular weight excluding hydrogens is 185 g/mol. The van der Waals surface area contributed by atoms with Gasteiger partial charge in [0.25, 0.3) is 0 Å². The molecule has 14 heavy (non-hydrogen) atoms. The van der Waals surface area contributed by atoms with E-state index < -0.39 is 5.82 Å². The van der Waals surface area contributed by atoms with Crippen LogP contribution in [0.3, 0.4) is 0 Å². The van der Waals surface area contributed by atoms with Crippen molar-refractivity contribution in [2.75, 3.05) is 13.7 Å². The fourth-order valence-corrected chi connectivity index (χ4v) is 0.918. The molecule has 1 N–H and O–H groups in total. The minimum Gasteiger partial charge on any atom is -0.490 e. The van der Waals surface area contributed by atoms with E-state index in [0.717, 1.165) is 0 Å². The highest BCUT2D eigenvalue weighted by atomic mass is 19.1. The van der Waals surface area contributed by atoms with Gasteiger partial charge >= 0.3 is 0 Å². The second-order valence-corrected chi connectivity index (χ2v) is 2.66. The lowest BCUT2D eigenvalue weighted by atomic mass is 10.3. The first-order chi connectivity index (χ1) is 6.74. The Morgan fingerprint density at radius 1 is 1.43 bits per heavy atom. The summed E-state index contributed by atoms with van der Waals surface area (Å²) >= 11 is 0. The average molecular weight is 197 g/mol. The van der Waals surface area contributed by atoms with Gasteiger partial charge in [-0.2, -0.15) is 0 Å². The van der Waals surface area contributed by atoms with Crippen molar-refractivity contribution in [3.8, 4) is 5.75 Å². The van der Waals surface area contributed by atoms with Crippen LogP contribution in [0.25, 0.3) is 0 Å². The standard InChI is InChI=1S/C10H12FNO2/c1-13-10(12)6-7-14-9-5-3-2-4-8(9)11/h2-5,12H,6-7H2,1H3. The van der Waals surface area contributed by atoms with E-state index in [0.29, 0.717) is 6.42 Å². The predicted molar refractivity (Wildman–Crippen MR) is 51.2 cm³/mol. The molecule has 0 unspecified atom stereocenters. The first-order valence-corrected chi connectivity index (χ1v) is 4.23. The Morgan fingerprint density at radius 2 is 2.14 bits per heavy atom. The van der Waals surface area contributed by atoms with E-state index in [2.05, 4.69) is 4.74 Å². The van der Waals surface area contributed by atoms with E-state index in [-0.39, 0.29) is 18.3 Å². The van der Waals surface area contributed by atoms with Crippen LogP contribution < -0.4 is 4.74 Å². The van der Waals surface area contributed by atoms with E-state index in [4.69, 9.17) is 10.1 Å². The highest BCUT2D eigenvalue weighted by Crippen LogP contribution is 2.15. The lowest BCUT2D eigenvalue weighted by Crippen LogP contribution is -2.07. The van der Waals surface area contributed by atoms with Crippen molar-refractivity contribution >= 4 is 5.90 Å². The van der Waals surface area contributed by atoms with Crippen LogP contribution in [0.4, 0.5) is 4.39 Å². The largest absolute Gasteiger partial charge is 0.490 e. The van der Waals surface area contributed by atoms with Gasteiger partial charge in [-0.25, -0.2) is 4.39 Å². The maximum absolute atomic E-state index is 13.0. The molecule has 0 aliphatic rings. The zero-order valence-corrected chi connectivity index (χ0v) is 7.92. The molecule has 0 fully saturated rings. The van der Waals surface area contributed by atoms with Crippen molar-refractivity contribution in [2.45, 2.75) is 6.42 Å². The van der Waals surface area contributed by atoms with Gasteiger partial charge in [-0.05, 0) is 12.1 Å². The quantitative estimate of drug-likeness (QED) is 0.594. The number of halogens is 1. The molecular formula is C10H12FNO2. The van der Waals surface area contributed by atoms with Crippen LogP contribution in [-0.2, 0) is 4.74 Å². The van der Waals surface area contributed by atoms with E-state index in [9.17, 15) is 4.39 Å². The van der Waals surface area contributed by atoms with Crippen LogP contribution in [0, 0.1) is 11.2 Å². The number of methoxy groups -OCH3 is 1. The van der Waals surface area contributed by atoms with Crippen molar-refractivity contribution in [3.63, 3.8) is 0 Å². The number of para-hydroxylation sites is 1. The van der Waals surface area contributed by atoms with Gasteiger partial charge < -0.3 is 9.47 Å². The molecule has 0 bridgehead atoms. The number of ether oxygens (including phenoxy) is 2.